The monoisotopic (exact) mass is 280 g/mol. The summed E-state index contributed by atoms with van der Waals surface area (Å²) < 4.78 is 0. The minimum absolute atomic E-state index is 0.189. The first-order chi connectivity index (χ1) is 9.58. The summed E-state index contributed by atoms with van der Waals surface area (Å²) in [5.74, 6) is 0. The first kappa shape index (κ1) is 15.8. The highest BCUT2D eigenvalue weighted by molar-refractivity contribution is 5.24. The Morgan fingerprint density at radius 2 is 2.15 bits per heavy atom. The third-order valence-corrected chi connectivity index (χ3v) is 4.98. The van der Waals surface area contributed by atoms with E-state index in [9.17, 15) is 0 Å². The summed E-state index contributed by atoms with van der Waals surface area (Å²) in [6.07, 6.45) is 8.52. The highest BCUT2D eigenvalue weighted by atomic mass is 15.3. The average molecular weight is 280 g/mol. The van der Waals surface area contributed by atoms with Crippen molar-refractivity contribution in [2.45, 2.75) is 70.5 Å². The fraction of sp³-hybridized carbons (Fsp3) is 0.875. The van der Waals surface area contributed by atoms with Gasteiger partial charge in [-0.05, 0) is 26.3 Å². The van der Waals surface area contributed by atoms with E-state index in [1.54, 1.807) is 0 Å². The molecule has 1 fully saturated rings. The molecule has 20 heavy (non-hydrogen) atoms. The lowest BCUT2D eigenvalue weighted by atomic mass is 9.86. The van der Waals surface area contributed by atoms with Crippen LogP contribution in [0.1, 0.15) is 52.9 Å². The van der Waals surface area contributed by atoms with Gasteiger partial charge < -0.3 is 16.0 Å². The van der Waals surface area contributed by atoms with Crippen molar-refractivity contribution in [2.24, 2.45) is 5.73 Å². The zero-order valence-corrected chi connectivity index (χ0v) is 13.4. The summed E-state index contributed by atoms with van der Waals surface area (Å²) >= 11 is 0. The summed E-state index contributed by atoms with van der Waals surface area (Å²) in [7, 11) is 0. The Balaban J connectivity index is 2.02. The van der Waals surface area contributed by atoms with Crippen LogP contribution >= 0.6 is 0 Å². The van der Waals surface area contributed by atoms with Crippen molar-refractivity contribution in [2.75, 3.05) is 19.8 Å². The van der Waals surface area contributed by atoms with Gasteiger partial charge in [-0.1, -0.05) is 32.6 Å². The van der Waals surface area contributed by atoms with E-state index in [1.807, 2.05) is 0 Å². The number of unbranched alkanes of at least 4 members (excludes halogenated alkanes) is 3. The molecule has 2 heterocycles. The van der Waals surface area contributed by atoms with Crippen molar-refractivity contribution in [1.29, 1.82) is 0 Å². The second-order valence-corrected chi connectivity index (χ2v) is 6.55. The smallest absolute Gasteiger partial charge is 0.0686 e. The fourth-order valence-corrected chi connectivity index (χ4v) is 3.38. The van der Waals surface area contributed by atoms with Crippen molar-refractivity contribution in [1.82, 2.24) is 15.5 Å². The van der Waals surface area contributed by atoms with Gasteiger partial charge in [-0.2, -0.15) is 0 Å². The molecule has 4 heteroatoms. The molecule has 0 aromatic carbocycles. The molecular weight excluding hydrogens is 248 g/mol. The third kappa shape index (κ3) is 3.35. The molecule has 0 saturated carbocycles. The van der Waals surface area contributed by atoms with Gasteiger partial charge in [0.05, 0.1) is 12.2 Å². The largest absolute Gasteiger partial charge is 0.356 e. The van der Waals surface area contributed by atoms with E-state index in [0.717, 1.165) is 26.2 Å². The SMILES string of the molecule is CCCCCCC1(N)CNCC=C1N1CNC(C)C1C. The van der Waals surface area contributed by atoms with Crippen molar-refractivity contribution in [3.63, 3.8) is 0 Å². The lowest BCUT2D eigenvalue weighted by Crippen LogP contribution is -2.58. The van der Waals surface area contributed by atoms with Gasteiger partial charge in [0, 0.05) is 30.9 Å². The fourth-order valence-electron chi connectivity index (χ4n) is 3.38. The Hall–Kier alpha value is -0.580. The van der Waals surface area contributed by atoms with Crippen molar-refractivity contribution in [3.05, 3.63) is 11.8 Å². The van der Waals surface area contributed by atoms with Crippen molar-refractivity contribution < 1.29 is 0 Å². The first-order valence-corrected chi connectivity index (χ1v) is 8.29. The number of nitrogens with zero attached hydrogens (tertiary/aromatic N) is 1. The Kier molecular flexibility index (Phi) is 5.47. The predicted molar refractivity (Wildman–Crippen MR) is 85.4 cm³/mol. The van der Waals surface area contributed by atoms with Crippen LogP contribution in [0.3, 0.4) is 0 Å². The molecule has 0 aliphatic carbocycles. The maximum Gasteiger partial charge on any atom is 0.0686 e. The maximum atomic E-state index is 6.77. The minimum atomic E-state index is -0.189. The maximum absolute atomic E-state index is 6.77. The third-order valence-electron chi connectivity index (χ3n) is 4.98. The van der Waals surface area contributed by atoms with Crippen LogP contribution < -0.4 is 16.4 Å². The molecule has 1 saturated heterocycles. The molecule has 0 aromatic rings. The molecule has 4 N–H and O–H groups in total. The predicted octanol–water partition coefficient (Wildman–Crippen LogP) is 1.78. The minimum Gasteiger partial charge on any atom is -0.356 e. The zero-order valence-electron chi connectivity index (χ0n) is 13.4. The van der Waals surface area contributed by atoms with Gasteiger partial charge in [0.2, 0.25) is 0 Å². The van der Waals surface area contributed by atoms with Gasteiger partial charge in [-0.25, -0.2) is 0 Å². The van der Waals surface area contributed by atoms with Crippen LogP contribution in [-0.2, 0) is 0 Å². The van der Waals surface area contributed by atoms with Crippen LogP contribution in [0, 0.1) is 0 Å². The van der Waals surface area contributed by atoms with E-state index < -0.39 is 0 Å². The average Bonchev–Trinajstić information content (AvgIpc) is 2.76. The van der Waals surface area contributed by atoms with Gasteiger partial charge in [-0.3, -0.25) is 5.32 Å². The second kappa shape index (κ2) is 6.92. The Bertz CT molecular complexity index is 341. The van der Waals surface area contributed by atoms with Crippen LogP contribution in [0.5, 0.6) is 0 Å². The van der Waals surface area contributed by atoms with Gasteiger partial charge in [0.15, 0.2) is 0 Å². The molecule has 3 atom stereocenters. The van der Waals surface area contributed by atoms with Gasteiger partial charge in [0.1, 0.15) is 0 Å². The van der Waals surface area contributed by atoms with E-state index >= 15 is 0 Å². The van der Waals surface area contributed by atoms with Crippen LogP contribution in [0.15, 0.2) is 11.8 Å². The number of hydrogen-bond donors (Lipinski definition) is 3. The molecule has 0 aromatic heterocycles. The molecule has 116 valence electrons. The van der Waals surface area contributed by atoms with Gasteiger partial charge >= 0.3 is 0 Å². The quantitative estimate of drug-likeness (QED) is 0.649. The summed E-state index contributed by atoms with van der Waals surface area (Å²) in [6.45, 7) is 9.59. The molecule has 2 rings (SSSR count). The Morgan fingerprint density at radius 1 is 1.35 bits per heavy atom. The van der Waals surface area contributed by atoms with Crippen LogP contribution in [0.2, 0.25) is 0 Å². The van der Waals surface area contributed by atoms with Crippen LogP contribution in [0.25, 0.3) is 0 Å². The lowest BCUT2D eigenvalue weighted by Gasteiger charge is -2.42. The number of hydrogen-bond acceptors (Lipinski definition) is 4. The summed E-state index contributed by atoms with van der Waals surface area (Å²) in [4.78, 5) is 2.48. The molecule has 4 nitrogen and oxygen atoms in total. The molecule has 0 radical (unpaired) electrons. The molecule has 0 spiro atoms. The zero-order chi connectivity index (χ0) is 14.6. The molecule has 2 aliphatic rings. The van der Waals surface area contributed by atoms with Crippen LogP contribution in [-0.4, -0.2) is 42.3 Å². The molecule has 0 bridgehead atoms. The summed E-state index contributed by atoms with van der Waals surface area (Å²) in [5.41, 5.74) is 7.94. The van der Waals surface area contributed by atoms with E-state index in [1.165, 1.54) is 31.4 Å². The first-order valence-electron chi connectivity index (χ1n) is 8.29. The van der Waals surface area contributed by atoms with E-state index in [0.29, 0.717) is 12.1 Å². The van der Waals surface area contributed by atoms with Gasteiger partial charge in [-0.15, -0.1) is 0 Å². The van der Waals surface area contributed by atoms with Gasteiger partial charge in [0.25, 0.3) is 0 Å². The molecular formula is C16H32N4. The second-order valence-electron chi connectivity index (χ2n) is 6.55. The van der Waals surface area contributed by atoms with Crippen molar-refractivity contribution in [3.8, 4) is 0 Å². The summed E-state index contributed by atoms with van der Waals surface area (Å²) in [5, 5.41) is 6.99. The molecule has 3 unspecified atom stereocenters. The highest BCUT2D eigenvalue weighted by Gasteiger charge is 2.39. The molecule has 0 amide bonds. The number of nitrogens with one attached hydrogen (secondary N) is 2. The Labute approximate surface area is 124 Å². The van der Waals surface area contributed by atoms with Crippen molar-refractivity contribution >= 4 is 0 Å². The number of rotatable bonds is 6. The lowest BCUT2D eigenvalue weighted by molar-refractivity contribution is 0.243. The standard InChI is InChI=1S/C16H32N4/c1-4-5-6-7-9-16(17)11-18-10-8-15(16)20-12-19-13(2)14(20)3/h8,13-14,18-19H,4-7,9-12,17H2,1-3H3. The normalized spacial score (nSPS) is 34.4. The summed E-state index contributed by atoms with van der Waals surface area (Å²) in [6, 6.07) is 1.06. The van der Waals surface area contributed by atoms with E-state index in [-0.39, 0.29) is 5.54 Å². The highest BCUT2D eigenvalue weighted by Crippen LogP contribution is 2.30. The van der Waals surface area contributed by atoms with E-state index in [4.69, 9.17) is 5.73 Å². The Morgan fingerprint density at radius 3 is 2.80 bits per heavy atom. The van der Waals surface area contributed by atoms with E-state index in [2.05, 4.69) is 42.4 Å². The molecule has 2 aliphatic heterocycles. The number of nitrogens with two attached hydrogens (primary N) is 1. The topological polar surface area (TPSA) is 53.3 Å². The van der Waals surface area contributed by atoms with Crippen LogP contribution in [0.4, 0.5) is 0 Å².